The molecule has 152 valence electrons. The summed E-state index contributed by atoms with van der Waals surface area (Å²) in [6.45, 7) is 2.29. The number of aromatic nitrogens is 4. The molecule has 1 atom stereocenters. The Hall–Kier alpha value is -3.10. The Morgan fingerprint density at radius 3 is 2.77 bits per heavy atom. The van der Waals surface area contributed by atoms with Gasteiger partial charge in [0.05, 0.1) is 6.26 Å². The highest BCUT2D eigenvalue weighted by atomic mass is 35.5. The number of nitrogens with one attached hydrogen (secondary N) is 1. The first-order valence-corrected chi connectivity index (χ1v) is 10.4. The number of carbonyl (C=O) groups excluding carboxylic acids is 1. The molecule has 1 amide bonds. The molecule has 0 saturated heterocycles. The number of thioether (sulfide) groups is 1. The molecule has 0 spiro atoms. The molecular weight excluding hydrogens is 422 g/mol. The number of benzene rings is 2. The van der Waals surface area contributed by atoms with Crippen molar-refractivity contribution >= 4 is 35.0 Å². The summed E-state index contributed by atoms with van der Waals surface area (Å²) in [6.07, 6.45) is 1.60. The lowest BCUT2D eigenvalue weighted by atomic mass is 10.1. The molecule has 0 radical (unpaired) electrons. The van der Waals surface area contributed by atoms with Crippen LogP contribution in [0.25, 0.3) is 0 Å². The summed E-state index contributed by atoms with van der Waals surface area (Å²) in [7, 11) is 0. The number of hydrogen-bond donors (Lipinski definition) is 1. The number of nitrogens with zero attached hydrogens (tertiary/aromatic N) is 4. The summed E-state index contributed by atoms with van der Waals surface area (Å²) >= 11 is 7.47. The van der Waals surface area contributed by atoms with E-state index in [0.717, 1.165) is 16.9 Å². The van der Waals surface area contributed by atoms with E-state index in [2.05, 4.69) is 20.8 Å². The molecule has 30 heavy (non-hydrogen) atoms. The third-order valence-electron chi connectivity index (χ3n) is 4.39. The second-order valence-corrected chi connectivity index (χ2v) is 8.04. The summed E-state index contributed by atoms with van der Waals surface area (Å²) in [4.78, 5) is 13.2. The van der Waals surface area contributed by atoms with Crippen LogP contribution in [0.3, 0.4) is 0 Å². The van der Waals surface area contributed by atoms with Crippen LogP contribution < -0.4 is 5.32 Å². The fourth-order valence-corrected chi connectivity index (χ4v) is 3.97. The first-order chi connectivity index (χ1) is 14.6. The summed E-state index contributed by atoms with van der Waals surface area (Å²) in [5.74, 6) is 0.526. The number of carbonyl (C=O) groups is 1. The molecular formula is C21H18ClN5O2S. The molecule has 1 N–H and O–H groups in total. The summed E-state index contributed by atoms with van der Waals surface area (Å²) < 4.78 is 6.99. The highest BCUT2D eigenvalue weighted by molar-refractivity contribution is 8.00. The van der Waals surface area contributed by atoms with Crippen LogP contribution >= 0.6 is 23.4 Å². The third-order valence-corrected chi connectivity index (χ3v) is 6.02. The maximum atomic E-state index is 13.2. The van der Waals surface area contributed by atoms with E-state index in [0.29, 0.717) is 22.4 Å². The number of tetrazole rings is 1. The summed E-state index contributed by atoms with van der Waals surface area (Å²) in [6, 6.07) is 18.6. The minimum absolute atomic E-state index is 0.196. The zero-order valence-electron chi connectivity index (χ0n) is 16.0. The van der Waals surface area contributed by atoms with Crippen LogP contribution in [0.4, 0.5) is 5.69 Å². The topological polar surface area (TPSA) is 85.8 Å². The van der Waals surface area contributed by atoms with Gasteiger partial charge >= 0.3 is 0 Å². The van der Waals surface area contributed by atoms with Gasteiger partial charge in [-0.25, -0.2) is 4.68 Å². The molecule has 2 heterocycles. The van der Waals surface area contributed by atoms with Crippen LogP contribution in [-0.4, -0.2) is 26.1 Å². The van der Waals surface area contributed by atoms with Crippen LogP contribution in [0.2, 0.25) is 5.02 Å². The average molecular weight is 440 g/mol. The first-order valence-electron chi connectivity index (χ1n) is 9.17. The van der Waals surface area contributed by atoms with Crippen LogP contribution in [0, 0.1) is 6.92 Å². The largest absolute Gasteiger partial charge is 0.467 e. The zero-order chi connectivity index (χ0) is 20.9. The van der Waals surface area contributed by atoms with Crippen LogP contribution in [0.1, 0.15) is 22.1 Å². The normalized spacial score (nSPS) is 11.9. The Kier molecular flexibility index (Phi) is 6.15. The molecule has 4 aromatic rings. The molecule has 9 heteroatoms. The predicted octanol–water partition coefficient (Wildman–Crippen LogP) is 4.75. The highest BCUT2D eigenvalue weighted by Crippen LogP contribution is 2.35. The average Bonchev–Trinajstić information content (AvgIpc) is 3.42. The Labute approximate surface area is 182 Å². The van der Waals surface area contributed by atoms with Crippen molar-refractivity contribution < 1.29 is 9.21 Å². The van der Waals surface area contributed by atoms with Crippen LogP contribution in [0.15, 0.2) is 76.5 Å². The van der Waals surface area contributed by atoms with Gasteiger partial charge in [0, 0.05) is 10.7 Å². The van der Waals surface area contributed by atoms with Gasteiger partial charge in [0.25, 0.3) is 0 Å². The molecule has 0 aliphatic carbocycles. The second kappa shape index (κ2) is 9.15. The SMILES string of the molecule is Cc1ccc(NC(=O)C(Sc2nnnn2Cc2ccco2)c2ccccc2)cc1Cl. The molecule has 7 nitrogen and oxygen atoms in total. The van der Waals surface area contributed by atoms with E-state index < -0.39 is 5.25 Å². The van der Waals surface area contributed by atoms with E-state index in [1.54, 1.807) is 23.1 Å². The number of anilines is 1. The molecule has 0 aliphatic heterocycles. The molecule has 0 saturated carbocycles. The van der Waals surface area contributed by atoms with Crippen molar-refractivity contribution in [2.75, 3.05) is 5.32 Å². The standard InChI is InChI=1S/C21H18ClN5O2S/c1-14-9-10-16(12-18(14)22)23-20(28)19(15-6-3-2-4-7-15)30-21-24-25-26-27(21)13-17-8-5-11-29-17/h2-12,19H,13H2,1H3,(H,23,28). The number of amides is 1. The second-order valence-electron chi connectivity index (χ2n) is 6.56. The van der Waals surface area contributed by atoms with Crippen LogP contribution in [-0.2, 0) is 11.3 Å². The van der Waals surface area contributed by atoms with Gasteiger partial charge < -0.3 is 9.73 Å². The fourth-order valence-electron chi connectivity index (χ4n) is 2.81. The minimum atomic E-state index is -0.562. The van der Waals surface area contributed by atoms with Gasteiger partial charge in [-0.1, -0.05) is 59.8 Å². The van der Waals surface area contributed by atoms with E-state index in [-0.39, 0.29) is 5.91 Å². The van der Waals surface area contributed by atoms with Gasteiger partial charge in [-0.05, 0) is 52.7 Å². The molecule has 0 bridgehead atoms. The predicted molar refractivity (Wildman–Crippen MR) is 115 cm³/mol. The number of hydrogen-bond acceptors (Lipinski definition) is 6. The van der Waals surface area contributed by atoms with Crippen molar-refractivity contribution in [2.24, 2.45) is 0 Å². The summed E-state index contributed by atoms with van der Waals surface area (Å²) in [5.41, 5.74) is 2.42. The van der Waals surface area contributed by atoms with Crippen molar-refractivity contribution in [3.8, 4) is 0 Å². The van der Waals surface area contributed by atoms with E-state index in [4.69, 9.17) is 16.0 Å². The Bertz CT molecular complexity index is 1130. The smallest absolute Gasteiger partial charge is 0.242 e. The van der Waals surface area contributed by atoms with Crippen LogP contribution in [0.5, 0.6) is 0 Å². The monoisotopic (exact) mass is 439 g/mol. The molecule has 1 unspecified atom stereocenters. The van der Waals surface area contributed by atoms with Crippen molar-refractivity contribution in [2.45, 2.75) is 23.9 Å². The Morgan fingerprint density at radius 2 is 2.03 bits per heavy atom. The summed E-state index contributed by atoms with van der Waals surface area (Å²) in [5, 5.41) is 15.4. The van der Waals surface area contributed by atoms with Gasteiger partial charge in [0.15, 0.2) is 0 Å². The maximum absolute atomic E-state index is 13.2. The molecule has 0 fully saturated rings. The quantitative estimate of drug-likeness (QED) is 0.418. The molecule has 2 aromatic carbocycles. The Balaban J connectivity index is 1.59. The number of rotatable bonds is 7. The number of halogens is 1. The maximum Gasteiger partial charge on any atom is 0.242 e. The van der Waals surface area contributed by atoms with Crippen molar-refractivity contribution in [1.82, 2.24) is 20.2 Å². The Morgan fingerprint density at radius 1 is 1.20 bits per heavy atom. The van der Waals surface area contributed by atoms with E-state index >= 15 is 0 Å². The van der Waals surface area contributed by atoms with Gasteiger partial charge in [-0.15, -0.1) is 5.10 Å². The van der Waals surface area contributed by atoms with Gasteiger partial charge in [0.2, 0.25) is 11.1 Å². The highest BCUT2D eigenvalue weighted by Gasteiger charge is 2.25. The van der Waals surface area contributed by atoms with Gasteiger partial charge in [-0.3, -0.25) is 4.79 Å². The molecule has 4 rings (SSSR count). The number of furan rings is 1. The van der Waals surface area contributed by atoms with Crippen molar-refractivity contribution in [1.29, 1.82) is 0 Å². The lowest BCUT2D eigenvalue weighted by molar-refractivity contribution is -0.115. The molecule has 0 aliphatic rings. The first kappa shape index (κ1) is 20.2. The zero-order valence-corrected chi connectivity index (χ0v) is 17.6. The van der Waals surface area contributed by atoms with Gasteiger partial charge in [-0.2, -0.15) is 0 Å². The molecule has 2 aromatic heterocycles. The fraction of sp³-hybridized carbons (Fsp3) is 0.143. The van der Waals surface area contributed by atoms with Gasteiger partial charge in [0.1, 0.15) is 17.6 Å². The van der Waals surface area contributed by atoms with E-state index in [1.165, 1.54) is 11.8 Å². The number of aryl methyl sites for hydroxylation is 1. The third kappa shape index (κ3) is 4.72. The van der Waals surface area contributed by atoms with E-state index in [9.17, 15) is 4.79 Å². The lowest BCUT2D eigenvalue weighted by Gasteiger charge is -2.17. The minimum Gasteiger partial charge on any atom is -0.467 e. The lowest BCUT2D eigenvalue weighted by Crippen LogP contribution is -2.19. The van der Waals surface area contributed by atoms with Crippen molar-refractivity contribution in [3.05, 3.63) is 88.8 Å². The van der Waals surface area contributed by atoms with Crippen molar-refractivity contribution in [3.63, 3.8) is 0 Å². The van der Waals surface area contributed by atoms with E-state index in [1.807, 2.05) is 55.5 Å².